The average Bonchev–Trinajstić information content (AvgIpc) is 2.98. The maximum atomic E-state index is 14.5. The molecular weight excluding hydrogens is 533 g/mol. The molecule has 6 nitrogen and oxygen atoms in total. The first-order valence-corrected chi connectivity index (χ1v) is 14.1. The molecule has 0 fully saturated rings. The van der Waals surface area contributed by atoms with Crippen LogP contribution in [0.5, 0.6) is 5.75 Å². The molecule has 218 valence electrons. The van der Waals surface area contributed by atoms with E-state index in [4.69, 9.17) is 14.2 Å². The maximum absolute atomic E-state index is 14.5. The molecule has 0 spiro atoms. The summed E-state index contributed by atoms with van der Waals surface area (Å²) in [6.07, 6.45) is 0.198. The first kappa shape index (κ1) is 29.3. The van der Waals surface area contributed by atoms with Gasteiger partial charge in [-0.1, -0.05) is 66.7 Å². The highest BCUT2D eigenvalue weighted by molar-refractivity contribution is 5.93. The number of nitrogens with one attached hydrogen (secondary N) is 1. The Balaban J connectivity index is 1.49. The Hall–Kier alpha value is -4.23. The Morgan fingerprint density at radius 3 is 2.43 bits per heavy atom. The Labute approximate surface area is 245 Å². The zero-order chi connectivity index (χ0) is 30.1. The van der Waals surface area contributed by atoms with Crippen molar-refractivity contribution < 1.29 is 28.2 Å². The van der Waals surface area contributed by atoms with Crippen molar-refractivity contribution in [1.82, 2.24) is 5.32 Å². The van der Waals surface area contributed by atoms with Gasteiger partial charge < -0.3 is 14.2 Å². The molecule has 4 aromatic rings. The third-order valence-electron chi connectivity index (χ3n) is 7.70. The van der Waals surface area contributed by atoms with Gasteiger partial charge in [0.1, 0.15) is 28.8 Å². The summed E-state index contributed by atoms with van der Waals surface area (Å²) in [6, 6.07) is 26.1. The van der Waals surface area contributed by atoms with Gasteiger partial charge >= 0.3 is 11.9 Å². The lowest BCUT2D eigenvalue weighted by atomic mass is 9.83. The van der Waals surface area contributed by atoms with Gasteiger partial charge in [-0.2, -0.15) is 0 Å². The summed E-state index contributed by atoms with van der Waals surface area (Å²) in [6.45, 7) is 7.73. The molecule has 0 saturated heterocycles. The highest BCUT2D eigenvalue weighted by Gasteiger charge is 2.41. The van der Waals surface area contributed by atoms with Crippen LogP contribution in [0, 0.1) is 5.82 Å². The predicted octanol–water partition coefficient (Wildman–Crippen LogP) is 6.90. The smallest absolute Gasteiger partial charge is 0.340 e. The summed E-state index contributed by atoms with van der Waals surface area (Å²) in [5.41, 5.74) is 0.556. The molecule has 0 saturated carbocycles. The second-order valence-electron chi connectivity index (χ2n) is 11.8. The molecule has 42 heavy (non-hydrogen) atoms. The number of esters is 2. The van der Waals surface area contributed by atoms with Crippen molar-refractivity contribution in [3.05, 3.63) is 113 Å². The number of rotatable bonds is 7. The summed E-state index contributed by atoms with van der Waals surface area (Å²) in [5, 5.41) is 5.49. The molecule has 0 unspecified atom stereocenters. The molecule has 1 heterocycles. The number of methoxy groups -OCH3 is 1. The van der Waals surface area contributed by atoms with Gasteiger partial charge in [0.25, 0.3) is 0 Å². The van der Waals surface area contributed by atoms with E-state index in [1.54, 1.807) is 12.1 Å². The first-order chi connectivity index (χ1) is 20.0. The molecule has 1 aliphatic rings. The Morgan fingerprint density at radius 2 is 1.67 bits per heavy atom. The van der Waals surface area contributed by atoms with E-state index in [-0.39, 0.29) is 23.6 Å². The highest BCUT2D eigenvalue weighted by atomic mass is 19.1. The van der Waals surface area contributed by atoms with E-state index in [0.717, 1.165) is 27.5 Å². The number of hydrogen-bond acceptors (Lipinski definition) is 6. The number of carbonyl (C=O) groups is 2. The van der Waals surface area contributed by atoms with Crippen LogP contribution in [0.25, 0.3) is 10.8 Å². The topological polar surface area (TPSA) is 73.9 Å². The van der Waals surface area contributed by atoms with Crippen molar-refractivity contribution in [3.63, 3.8) is 0 Å². The SMILES string of the molecule is COC(=O)c1cc([C@H]2C[C@H](CN[C@@](C)(C(=O)OC(C)(C)C)c3cccc4ccccc34)Oc3ccccc32)ccc1F. The summed E-state index contributed by atoms with van der Waals surface area (Å²) in [7, 11) is 1.23. The highest BCUT2D eigenvalue weighted by Crippen LogP contribution is 2.41. The van der Waals surface area contributed by atoms with Gasteiger partial charge in [0.15, 0.2) is 0 Å². The third kappa shape index (κ3) is 5.88. The molecule has 0 bridgehead atoms. The van der Waals surface area contributed by atoms with Crippen LogP contribution in [-0.4, -0.2) is 37.3 Å². The summed E-state index contributed by atoms with van der Waals surface area (Å²) in [5.74, 6) is -1.21. The normalized spacial score (nSPS) is 18.0. The Kier molecular flexibility index (Phi) is 8.06. The van der Waals surface area contributed by atoms with Gasteiger partial charge in [0.2, 0.25) is 0 Å². The largest absolute Gasteiger partial charge is 0.489 e. The van der Waals surface area contributed by atoms with E-state index in [9.17, 15) is 14.0 Å². The Bertz CT molecular complexity index is 1620. The molecular formula is C35H36FNO5. The second-order valence-corrected chi connectivity index (χ2v) is 11.8. The minimum Gasteiger partial charge on any atom is -0.489 e. The van der Waals surface area contributed by atoms with Gasteiger partial charge in [-0.3, -0.25) is 5.32 Å². The van der Waals surface area contributed by atoms with Crippen LogP contribution in [0.3, 0.4) is 0 Å². The quantitative estimate of drug-likeness (QED) is 0.244. The lowest BCUT2D eigenvalue weighted by Crippen LogP contribution is -2.53. The fraction of sp³-hybridized carbons (Fsp3) is 0.314. The van der Waals surface area contributed by atoms with Crippen LogP contribution < -0.4 is 10.1 Å². The van der Waals surface area contributed by atoms with E-state index in [1.165, 1.54) is 13.2 Å². The molecule has 3 atom stereocenters. The predicted molar refractivity (Wildman–Crippen MR) is 160 cm³/mol. The van der Waals surface area contributed by atoms with Crippen LogP contribution in [0.15, 0.2) is 84.9 Å². The van der Waals surface area contributed by atoms with Crippen molar-refractivity contribution in [2.75, 3.05) is 13.7 Å². The molecule has 0 radical (unpaired) electrons. The van der Waals surface area contributed by atoms with Gasteiger partial charge in [0.05, 0.1) is 12.7 Å². The molecule has 0 amide bonds. The second kappa shape index (κ2) is 11.6. The lowest BCUT2D eigenvalue weighted by molar-refractivity contribution is -0.163. The van der Waals surface area contributed by atoms with E-state index in [1.807, 2.05) is 94.4 Å². The molecule has 0 aliphatic carbocycles. The summed E-state index contributed by atoms with van der Waals surface area (Å²) >= 11 is 0. The average molecular weight is 570 g/mol. The van der Waals surface area contributed by atoms with E-state index >= 15 is 0 Å². The fourth-order valence-electron chi connectivity index (χ4n) is 5.60. The van der Waals surface area contributed by atoms with Crippen molar-refractivity contribution in [3.8, 4) is 5.75 Å². The van der Waals surface area contributed by atoms with E-state index in [2.05, 4.69) is 5.32 Å². The summed E-state index contributed by atoms with van der Waals surface area (Å²) in [4.78, 5) is 26.1. The standard InChI is InChI=1S/C35H36FNO5/c1-34(2,3)42-33(39)35(4,29-15-10-12-22-11-6-7-13-25(22)29)37-21-24-20-27(26-14-8-9-16-31(26)41-24)23-17-18-30(36)28(19-23)32(38)40-5/h6-19,24,27,37H,20-21H2,1-5H3/t24-,27-,35-/m1/s1. The first-order valence-electron chi connectivity index (χ1n) is 14.1. The van der Waals surface area contributed by atoms with Crippen LogP contribution in [0.4, 0.5) is 4.39 Å². The van der Waals surface area contributed by atoms with Gasteiger partial charge in [-0.15, -0.1) is 0 Å². The number of halogens is 1. The van der Waals surface area contributed by atoms with Gasteiger partial charge in [-0.25, -0.2) is 14.0 Å². The third-order valence-corrected chi connectivity index (χ3v) is 7.70. The van der Waals surface area contributed by atoms with Gasteiger partial charge in [0, 0.05) is 18.0 Å². The molecule has 0 aromatic heterocycles. The van der Waals surface area contributed by atoms with Crippen LogP contribution >= 0.6 is 0 Å². The van der Waals surface area contributed by atoms with Crippen LogP contribution in [-0.2, 0) is 19.8 Å². The molecule has 1 N–H and O–H groups in total. The number of fused-ring (bicyclic) bond motifs is 2. The maximum Gasteiger partial charge on any atom is 0.340 e. The molecule has 7 heteroatoms. The fourth-order valence-corrected chi connectivity index (χ4v) is 5.60. The zero-order valence-corrected chi connectivity index (χ0v) is 24.6. The van der Waals surface area contributed by atoms with Crippen molar-refractivity contribution in [2.24, 2.45) is 0 Å². The number of benzene rings is 4. The number of carbonyl (C=O) groups excluding carboxylic acids is 2. The Morgan fingerprint density at radius 1 is 0.952 bits per heavy atom. The molecule has 4 aromatic carbocycles. The molecule has 1 aliphatic heterocycles. The van der Waals surface area contributed by atoms with Crippen LogP contribution in [0.1, 0.15) is 67.1 Å². The monoisotopic (exact) mass is 569 g/mol. The lowest BCUT2D eigenvalue weighted by Gasteiger charge is -2.37. The number of hydrogen-bond donors (Lipinski definition) is 1. The van der Waals surface area contributed by atoms with Crippen LogP contribution in [0.2, 0.25) is 0 Å². The molecule has 5 rings (SSSR count). The minimum atomic E-state index is -1.18. The minimum absolute atomic E-state index is 0.109. The van der Waals surface area contributed by atoms with Crippen molar-refractivity contribution in [2.45, 2.75) is 57.3 Å². The number of para-hydroxylation sites is 1. The van der Waals surface area contributed by atoms with E-state index in [0.29, 0.717) is 18.7 Å². The summed E-state index contributed by atoms with van der Waals surface area (Å²) < 4.78 is 31.6. The zero-order valence-electron chi connectivity index (χ0n) is 24.6. The van der Waals surface area contributed by atoms with E-state index < -0.39 is 22.9 Å². The van der Waals surface area contributed by atoms with Gasteiger partial charge in [-0.05, 0) is 74.2 Å². The van der Waals surface area contributed by atoms with Crippen molar-refractivity contribution >= 4 is 22.7 Å². The number of ether oxygens (including phenoxy) is 3. The van der Waals surface area contributed by atoms with Crippen molar-refractivity contribution in [1.29, 1.82) is 0 Å².